The Morgan fingerprint density at radius 2 is 1.87 bits per heavy atom. The summed E-state index contributed by atoms with van der Waals surface area (Å²) in [7, 11) is 0. The molecule has 2 unspecified atom stereocenters. The van der Waals surface area contributed by atoms with Gasteiger partial charge < -0.3 is 21.7 Å². The van der Waals surface area contributed by atoms with Gasteiger partial charge >= 0.3 is 0 Å². The van der Waals surface area contributed by atoms with Gasteiger partial charge in [-0.1, -0.05) is 12.1 Å². The van der Waals surface area contributed by atoms with Crippen LogP contribution in [0.3, 0.4) is 0 Å². The predicted octanol–water partition coefficient (Wildman–Crippen LogP) is -0.861. The summed E-state index contributed by atoms with van der Waals surface area (Å²) in [6.45, 7) is -0.307. The van der Waals surface area contributed by atoms with E-state index in [1.54, 1.807) is 12.1 Å². The minimum Gasteiger partial charge on any atom is -0.395 e. The van der Waals surface area contributed by atoms with Gasteiger partial charge in [-0.05, 0) is 17.7 Å². The number of aliphatic hydroxyl groups excluding tert-OH is 2. The van der Waals surface area contributed by atoms with Crippen LogP contribution in [0.15, 0.2) is 24.3 Å². The normalized spacial score (nSPS) is 14.6. The van der Waals surface area contributed by atoms with Crippen LogP contribution in [0.4, 0.5) is 0 Å². The van der Waals surface area contributed by atoms with E-state index in [1.165, 1.54) is 12.1 Å². The molecule has 0 saturated heterocycles. The van der Waals surface area contributed by atoms with Crippen molar-refractivity contribution in [3.05, 3.63) is 35.4 Å². The zero-order valence-corrected chi connectivity index (χ0v) is 8.13. The van der Waals surface area contributed by atoms with Crippen LogP contribution in [0, 0.1) is 0 Å². The molecule has 0 aliphatic heterocycles. The predicted molar refractivity (Wildman–Crippen MR) is 55.0 cm³/mol. The van der Waals surface area contributed by atoms with Crippen molar-refractivity contribution >= 4 is 5.91 Å². The first-order valence-electron chi connectivity index (χ1n) is 4.50. The molecule has 82 valence electrons. The first-order valence-corrected chi connectivity index (χ1v) is 4.50. The molecule has 5 heteroatoms. The van der Waals surface area contributed by atoms with Gasteiger partial charge in [-0.25, -0.2) is 0 Å². The summed E-state index contributed by atoms with van der Waals surface area (Å²) in [4.78, 5) is 10.8. The maximum Gasteiger partial charge on any atom is 0.248 e. The molecule has 0 aliphatic carbocycles. The average molecular weight is 210 g/mol. The molecular formula is C10H14N2O3. The number of primary amides is 1. The number of aliphatic hydroxyl groups is 2. The third kappa shape index (κ3) is 2.76. The number of carbonyl (C=O) groups excluding carboxylic acids is 1. The van der Waals surface area contributed by atoms with E-state index in [9.17, 15) is 9.90 Å². The van der Waals surface area contributed by atoms with E-state index in [0.717, 1.165) is 0 Å². The molecule has 0 heterocycles. The molecule has 1 aromatic carbocycles. The molecule has 0 aromatic heterocycles. The molecule has 0 fully saturated rings. The van der Waals surface area contributed by atoms with Crippen molar-refractivity contribution in [3.63, 3.8) is 0 Å². The molecule has 1 rings (SSSR count). The van der Waals surface area contributed by atoms with Crippen LogP contribution < -0.4 is 11.5 Å². The zero-order chi connectivity index (χ0) is 11.4. The van der Waals surface area contributed by atoms with Crippen molar-refractivity contribution in [2.75, 3.05) is 6.61 Å². The van der Waals surface area contributed by atoms with Crippen molar-refractivity contribution < 1.29 is 15.0 Å². The maximum atomic E-state index is 10.8. The quantitative estimate of drug-likeness (QED) is 0.518. The number of rotatable bonds is 4. The zero-order valence-electron chi connectivity index (χ0n) is 8.13. The molecule has 0 saturated carbocycles. The van der Waals surface area contributed by atoms with Crippen LogP contribution in [0.5, 0.6) is 0 Å². The lowest BCUT2D eigenvalue weighted by molar-refractivity contribution is 0.0998. The molecule has 0 radical (unpaired) electrons. The summed E-state index contributed by atoms with van der Waals surface area (Å²) < 4.78 is 0. The summed E-state index contributed by atoms with van der Waals surface area (Å²) in [6.07, 6.45) is -0.947. The van der Waals surface area contributed by atoms with Gasteiger partial charge in [-0.3, -0.25) is 4.79 Å². The minimum atomic E-state index is -0.947. The Hall–Kier alpha value is -1.43. The van der Waals surface area contributed by atoms with Crippen molar-refractivity contribution in [2.24, 2.45) is 11.5 Å². The minimum absolute atomic E-state index is 0.307. The lowest BCUT2D eigenvalue weighted by atomic mass is 10.0. The van der Waals surface area contributed by atoms with Gasteiger partial charge in [0.15, 0.2) is 0 Å². The number of benzene rings is 1. The topological polar surface area (TPSA) is 110 Å². The Morgan fingerprint density at radius 3 is 2.27 bits per heavy atom. The van der Waals surface area contributed by atoms with Crippen molar-refractivity contribution in [1.29, 1.82) is 0 Å². The molecule has 0 bridgehead atoms. The van der Waals surface area contributed by atoms with E-state index in [1.807, 2.05) is 0 Å². The van der Waals surface area contributed by atoms with E-state index in [-0.39, 0.29) is 6.61 Å². The number of nitrogens with two attached hydrogens (primary N) is 2. The molecular weight excluding hydrogens is 196 g/mol. The standard InChI is InChI=1S/C10H14N2O3/c11-8(5-13)9(14)6-1-3-7(4-2-6)10(12)15/h1-4,8-9,13-14H,5,11H2,(H2,12,15). The summed E-state index contributed by atoms with van der Waals surface area (Å²) >= 11 is 0. The molecule has 6 N–H and O–H groups in total. The van der Waals surface area contributed by atoms with Crippen LogP contribution >= 0.6 is 0 Å². The van der Waals surface area contributed by atoms with Crippen LogP contribution in [0.25, 0.3) is 0 Å². The Bertz CT molecular complexity index is 337. The van der Waals surface area contributed by atoms with E-state index in [2.05, 4.69) is 0 Å². The molecule has 5 nitrogen and oxygen atoms in total. The second kappa shape index (κ2) is 4.88. The van der Waals surface area contributed by atoms with Gasteiger partial charge in [0, 0.05) is 5.56 Å². The van der Waals surface area contributed by atoms with Crippen LogP contribution in [-0.2, 0) is 0 Å². The highest BCUT2D eigenvalue weighted by atomic mass is 16.3. The Kier molecular flexibility index (Phi) is 3.79. The molecule has 2 atom stereocenters. The first-order chi connectivity index (χ1) is 7.06. The smallest absolute Gasteiger partial charge is 0.248 e. The van der Waals surface area contributed by atoms with Gasteiger partial charge in [0.05, 0.1) is 18.8 Å². The largest absolute Gasteiger partial charge is 0.395 e. The second-order valence-corrected chi connectivity index (χ2v) is 3.28. The van der Waals surface area contributed by atoms with E-state index in [0.29, 0.717) is 11.1 Å². The van der Waals surface area contributed by atoms with Gasteiger partial charge in [0.2, 0.25) is 5.91 Å². The third-order valence-corrected chi connectivity index (χ3v) is 2.15. The number of carbonyl (C=O) groups is 1. The fourth-order valence-electron chi connectivity index (χ4n) is 1.19. The van der Waals surface area contributed by atoms with Gasteiger partial charge in [0.1, 0.15) is 0 Å². The summed E-state index contributed by atoms with van der Waals surface area (Å²) in [5.74, 6) is -0.525. The molecule has 0 spiro atoms. The van der Waals surface area contributed by atoms with Gasteiger partial charge in [0.25, 0.3) is 0 Å². The monoisotopic (exact) mass is 210 g/mol. The fourth-order valence-corrected chi connectivity index (χ4v) is 1.19. The molecule has 1 aromatic rings. The van der Waals surface area contributed by atoms with Gasteiger partial charge in [-0.2, -0.15) is 0 Å². The van der Waals surface area contributed by atoms with Gasteiger partial charge in [-0.15, -0.1) is 0 Å². The lowest BCUT2D eigenvalue weighted by Crippen LogP contribution is -2.31. The average Bonchev–Trinajstić information content (AvgIpc) is 2.27. The Balaban J connectivity index is 2.84. The van der Waals surface area contributed by atoms with E-state index < -0.39 is 18.1 Å². The highest BCUT2D eigenvalue weighted by molar-refractivity contribution is 5.92. The lowest BCUT2D eigenvalue weighted by Gasteiger charge is -2.16. The highest BCUT2D eigenvalue weighted by Gasteiger charge is 2.15. The number of hydrogen-bond acceptors (Lipinski definition) is 4. The first kappa shape index (κ1) is 11.6. The number of amides is 1. The van der Waals surface area contributed by atoms with E-state index >= 15 is 0 Å². The number of hydrogen-bond donors (Lipinski definition) is 4. The molecule has 15 heavy (non-hydrogen) atoms. The molecule has 0 aliphatic rings. The van der Waals surface area contributed by atoms with Crippen molar-refractivity contribution in [1.82, 2.24) is 0 Å². The van der Waals surface area contributed by atoms with E-state index in [4.69, 9.17) is 16.6 Å². The second-order valence-electron chi connectivity index (χ2n) is 3.28. The summed E-state index contributed by atoms with van der Waals surface area (Å²) in [5, 5.41) is 18.4. The fraction of sp³-hybridized carbons (Fsp3) is 0.300. The SMILES string of the molecule is NC(=O)c1ccc(C(O)C(N)CO)cc1. The summed E-state index contributed by atoms with van der Waals surface area (Å²) in [6, 6.07) is 5.39. The van der Waals surface area contributed by atoms with Crippen LogP contribution in [0.2, 0.25) is 0 Å². The van der Waals surface area contributed by atoms with Crippen molar-refractivity contribution in [2.45, 2.75) is 12.1 Å². The summed E-state index contributed by atoms with van der Waals surface area (Å²) in [5.41, 5.74) is 11.4. The van der Waals surface area contributed by atoms with Crippen molar-refractivity contribution in [3.8, 4) is 0 Å². The molecule has 1 amide bonds. The Labute approximate surface area is 87.3 Å². The Morgan fingerprint density at radius 1 is 1.33 bits per heavy atom. The maximum absolute atomic E-state index is 10.8. The third-order valence-electron chi connectivity index (χ3n) is 2.15. The highest BCUT2D eigenvalue weighted by Crippen LogP contribution is 2.15. The van der Waals surface area contributed by atoms with Crippen LogP contribution in [0.1, 0.15) is 22.0 Å². The van der Waals surface area contributed by atoms with Crippen LogP contribution in [-0.4, -0.2) is 28.8 Å².